The third kappa shape index (κ3) is 17.9. The molecule has 0 unspecified atom stereocenters. The van der Waals surface area contributed by atoms with Crippen LogP contribution >= 0.6 is 0 Å². The predicted octanol–water partition coefficient (Wildman–Crippen LogP) is -0.162. The maximum Gasteiger partial charge on any atom is 0.0443 e. The van der Waals surface area contributed by atoms with Gasteiger partial charge in [-0.2, -0.15) is 0 Å². The standard InChI is InChI=1S/C4H11NO.C2H2/c1-5-3-2-4-6;1-2/h5-6H,2-4H2,1H3;1-2H. The minimum Gasteiger partial charge on any atom is -0.396 e. The topological polar surface area (TPSA) is 32.3 Å². The van der Waals surface area contributed by atoms with Crippen molar-refractivity contribution in [2.45, 2.75) is 6.42 Å². The van der Waals surface area contributed by atoms with E-state index in [4.69, 9.17) is 5.11 Å². The molecule has 0 amide bonds. The third-order valence-corrected chi connectivity index (χ3v) is 0.585. The Morgan fingerprint density at radius 3 is 2.12 bits per heavy atom. The van der Waals surface area contributed by atoms with Crippen LogP contribution in [0.2, 0.25) is 0 Å². The monoisotopic (exact) mass is 115 g/mol. The van der Waals surface area contributed by atoms with Crippen molar-refractivity contribution in [2.75, 3.05) is 20.2 Å². The van der Waals surface area contributed by atoms with E-state index in [0.29, 0.717) is 6.61 Å². The lowest BCUT2D eigenvalue weighted by Gasteiger charge is -1.89. The maximum absolute atomic E-state index is 8.16. The summed E-state index contributed by atoms with van der Waals surface area (Å²) in [6.45, 7) is 1.21. The molecule has 0 aliphatic heterocycles. The van der Waals surface area contributed by atoms with Crippen molar-refractivity contribution in [1.82, 2.24) is 5.32 Å². The molecule has 0 rings (SSSR count). The van der Waals surface area contributed by atoms with Gasteiger partial charge in [0, 0.05) is 6.61 Å². The van der Waals surface area contributed by atoms with Gasteiger partial charge in [-0.3, -0.25) is 0 Å². The van der Waals surface area contributed by atoms with Crippen LogP contribution in [0, 0.1) is 12.8 Å². The molecule has 0 saturated carbocycles. The number of terminal acetylenes is 1. The summed E-state index contributed by atoms with van der Waals surface area (Å²) in [7, 11) is 1.87. The van der Waals surface area contributed by atoms with Crippen LogP contribution < -0.4 is 5.32 Å². The van der Waals surface area contributed by atoms with Crippen LogP contribution in [0.1, 0.15) is 6.42 Å². The molecule has 2 nitrogen and oxygen atoms in total. The molecule has 0 aromatic carbocycles. The fourth-order valence-electron chi connectivity index (χ4n) is 0.256. The number of nitrogens with one attached hydrogen (secondary N) is 1. The zero-order valence-electron chi connectivity index (χ0n) is 5.22. The molecule has 8 heavy (non-hydrogen) atoms. The molecule has 0 aromatic heterocycles. The number of hydrogen-bond acceptors (Lipinski definition) is 2. The second-order valence-corrected chi connectivity index (χ2v) is 1.18. The van der Waals surface area contributed by atoms with Crippen LogP contribution in [-0.4, -0.2) is 25.3 Å². The van der Waals surface area contributed by atoms with Crippen LogP contribution in [0.5, 0.6) is 0 Å². The Kier molecular flexibility index (Phi) is 21.0. The highest BCUT2D eigenvalue weighted by atomic mass is 16.3. The number of aliphatic hydroxyl groups excluding tert-OH is 1. The Balaban J connectivity index is 0. The van der Waals surface area contributed by atoms with Crippen LogP contribution in [0.3, 0.4) is 0 Å². The summed E-state index contributed by atoms with van der Waals surface area (Å²) >= 11 is 0. The summed E-state index contributed by atoms with van der Waals surface area (Å²) in [4.78, 5) is 0. The van der Waals surface area contributed by atoms with Crippen molar-refractivity contribution in [3.05, 3.63) is 0 Å². The Labute approximate surface area is 50.9 Å². The van der Waals surface area contributed by atoms with E-state index in [1.807, 2.05) is 7.05 Å². The first-order chi connectivity index (χ1) is 3.91. The average molecular weight is 115 g/mol. The molecule has 0 heterocycles. The first kappa shape index (κ1) is 10.5. The molecule has 48 valence electrons. The lowest BCUT2D eigenvalue weighted by Crippen LogP contribution is -2.08. The summed E-state index contributed by atoms with van der Waals surface area (Å²) in [6.07, 6.45) is 8.86. The van der Waals surface area contributed by atoms with Gasteiger partial charge in [0.25, 0.3) is 0 Å². The summed E-state index contributed by atoms with van der Waals surface area (Å²) in [5, 5.41) is 11.1. The van der Waals surface area contributed by atoms with Crippen molar-refractivity contribution in [3.8, 4) is 12.8 Å². The molecule has 0 aliphatic carbocycles. The summed E-state index contributed by atoms with van der Waals surface area (Å²) in [5.41, 5.74) is 0. The summed E-state index contributed by atoms with van der Waals surface area (Å²) < 4.78 is 0. The molecule has 0 atom stereocenters. The second-order valence-electron chi connectivity index (χ2n) is 1.18. The molecule has 0 bridgehead atoms. The number of rotatable bonds is 3. The lowest BCUT2D eigenvalue weighted by molar-refractivity contribution is 0.287. The summed E-state index contributed by atoms with van der Waals surface area (Å²) in [6, 6.07) is 0. The highest BCUT2D eigenvalue weighted by molar-refractivity contribution is 4.47. The normalized spacial score (nSPS) is 7.00. The Hall–Kier alpha value is -0.520. The van der Waals surface area contributed by atoms with E-state index in [2.05, 4.69) is 18.2 Å². The van der Waals surface area contributed by atoms with Gasteiger partial charge in [-0.15, -0.1) is 12.8 Å². The van der Waals surface area contributed by atoms with E-state index < -0.39 is 0 Å². The van der Waals surface area contributed by atoms with Gasteiger partial charge in [-0.05, 0) is 20.0 Å². The van der Waals surface area contributed by atoms with Crippen LogP contribution in [0.15, 0.2) is 0 Å². The predicted molar refractivity (Wildman–Crippen MR) is 35.5 cm³/mol. The van der Waals surface area contributed by atoms with Crippen LogP contribution in [0.25, 0.3) is 0 Å². The van der Waals surface area contributed by atoms with E-state index in [0.717, 1.165) is 13.0 Å². The Morgan fingerprint density at radius 1 is 1.50 bits per heavy atom. The SMILES string of the molecule is C#C.CNCCCO. The first-order valence-corrected chi connectivity index (χ1v) is 2.50. The van der Waals surface area contributed by atoms with E-state index in [1.54, 1.807) is 0 Å². The molecule has 0 spiro atoms. The van der Waals surface area contributed by atoms with Gasteiger partial charge in [0.15, 0.2) is 0 Å². The smallest absolute Gasteiger partial charge is 0.0443 e. The highest BCUT2D eigenvalue weighted by Gasteiger charge is 1.74. The lowest BCUT2D eigenvalue weighted by atomic mass is 10.5. The van der Waals surface area contributed by atoms with Gasteiger partial charge in [-0.1, -0.05) is 0 Å². The minimum absolute atomic E-state index is 0.292. The van der Waals surface area contributed by atoms with Crippen LogP contribution in [0.4, 0.5) is 0 Å². The quantitative estimate of drug-likeness (QED) is 0.395. The summed E-state index contributed by atoms with van der Waals surface area (Å²) in [5.74, 6) is 0. The van der Waals surface area contributed by atoms with E-state index >= 15 is 0 Å². The van der Waals surface area contributed by atoms with Gasteiger partial charge in [0.05, 0.1) is 0 Å². The Morgan fingerprint density at radius 2 is 2.00 bits per heavy atom. The molecule has 0 radical (unpaired) electrons. The van der Waals surface area contributed by atoms with Gasteiger partial charge >= 0.3 is 0 Å². The zero-order valence-corrected chi connectivity index (χ0v) is 5.22. The molecule has 2 N–H and O–H groups in total. The Bertz CT molecular complexity index is 39.0. The van der Waals surface area contributed by atoms with Crippen molar-refractivity contribution in [2.24, 2.45) is 0 Å². The van der Waals surface area contributed by atoms with E-state index in [9.17, 15) is 0 Å². The number of hydrogen-bond donors (Lipinski definition) is 2. The second kappa shape index (κ2) is 16.1. The largest absolute Gasteiger partial charge is 0.396 e. The number of aliphatic hydroxyl groups is 1. The van der Waals surface area contributed by atoms with Gasteiger partial charge in [0.1, 0.15) is 0 Å². The van der Waals surface area contributed by atoms with Gasteiger partial charge in [0.2, 0.25) is 0 Å². The molecule has 0 aliphatic rings. The van der Waals surface area contributed by atoms with E-state index in [-0.39, 0.29) is 0 Å². The van der Waals surface area contributed by atoms with Crippen molar-refractivity contribution in [1.29, 1.82) is 0 Å². The molecule has 0 saturated heterocycles. The zero-order chi connectivity index (χ0) is 6.83. The third-order valence-electron chi connectivity index (χ3n) is 0.585. The molecular formula is C6H13NO. The van der Waals surface area contributed by atoms with Crippen LogP contribution in [-0.2, 0) is 0 Å². The minimum atomic E-state index is 0.292. The fourth-order valence-corrected chi connectivity index (χ4v) is 0.256. The highest BCUT2D eigenvalue weighted by Crippen LogP contribution is 1.66. The molecular weight excluding hydrogens is 102 g/mol. The fraction of sp³-hybridized carbons (Fsp3) is 0.667. The average Bonchev–Trinajstić information content (AvgIpc) is 1.88. The molecule has 0 aromatic rings. The van der Waals surface area contributed by atoms with Crippen molar-refractivity contribution >= 4 is 0 Å². The van der Waals surface area contributed by atoms with Gasteiger partial charge in [-0.25, -0.2) is 0 Å². The molecule has 2 heteroatoms. The van der Waals surface area contributed by atoms with E-state index in [1.165, 1.54) is 0 Å². The van der Waals surface area contributed by atoms with Crippen molar-refractivity contribution in [3.63, 3.8) is 0 Å². The first-order valence-electron chi connectivity index (χ1n) is 2.50. The maximum atomic E-state index is 8.16. The molecule has 0 fully saturated rings. The van der Waals surface area contributed by atoms with Gasteiger partial charge < -0.3 is 10.4 Å². The van der Waals surface area contributed by atoms with Crippen molar-refractivity contribution < 1.29 is 5.11 Å².